The average molecular weight is 233 g/mol. The van der Waals surface area contributed by atoms with Crippen LogP contribution in [-0.2, 0) is 6.42 Å². The van der Waals surface area contributed by atoms with Crippen LogP contribution in [0, 0.1) is 12.7 Å². The number of aliphatic hydroxyl groups excluding tert-OH is 1. The van der Waals surface area contributed by atoms with E-state index >= 15 is 0 Å². The van der Waals surface area contributed by atoms with Crippen molar-refractivity contribution in [3.63, 3.8) is 0 Å². The molecular weight excluding hydrogens is 219 g/mol. The molecule has 1 unspecified atom stereocenters. The van der Waals surface area contributed by atoms with E-state index in [1.165, 1.54) is 7.11 Å². The fourth-order valence-electron chi connectivity index (χ4n) is 1.46. The van der Waals surface area contributed by atoms with Gasteiger partial charge in [-0.1, -0.05) is 17.7 Å². The summed E-state index contributed by atoms with van der Waals surface area (Å²) in [5.74, 6) is -0.443. The Bertz CT molecular complexity index is 364. The highest BCUT2D eigenvalue weighted by Gasteiger charge is 2.16. The zero-order valence-electron chi connectivity index (χ0n) is 8.97. The standard InChI is InChI=1S/C11H14ClFO2/c1-6-4-8(5-7(2)14)10(13)11(15-3)9(6)12/h4,7,14H,5H2,1-3H3. The van der Waals surface area contributed by atoms with Crippen molar-refractivity contribution in [1.29, 1.82) is 0 Å². The molecule has 1 aromatic carbocycles. The highest BCUT2D eigenvalue weighted by Crippen LogP contribution is 2.33. The second-order valence-electron chi connectivity index (χ2n) is 3.57. The second-order valence-corrected chi connectivity index (χ2v) is 3.94. The topological polar surface area (TPSA) is 29.5 Å². The molecule has 0 bridgehead atoms. The largest absolute Gasteiger partial charge is 0.492 e. The molecule has 0 saturated carbocycles. The van der Waals surface area contributed by atoms with Crippen molar-refractivity contribution in [2.24, 2.45) is 0 Å². The first-order valence-corrected chi connectivity index (χ1v) is 5.04. The predicted molar refractivity (Wildman–Crippen MR) is 58.1 cm³/mol. The van der Waals surface area contributed by atoms with Gasteiger partial charge in [-0.25, -0.2) is 4.39 Å². The Morgan fingerprint density at radius 2 is 2.20 bits per heavy atom. The fourth-order valence-corrected chi connectivity index (χ4v) is 1.67. The van der Waals surface area contributed by atoms with E-state index in [0.717, 1.165) is 5.56 Å². The van der Waals surface area contributed by atoms with Gasteiger partial charge in [0.15, 0.2) is 11.6 Å². The third-order valence-electron chi connectivity index (χ3n) is 2.14. The summed E-state index contributed by atoms with van der Waals surface area (Å²) in [4.78, 5) is 0. The Hall–Kier alpha value is -0.800. The first kappa shape index (κ1) is 12.3. The lowest BCUT2D eigenvalue weighted by atomic mass is 10.0. The normalized spacial score (nSPS) is 12.7. The zero-order valence-corrected chi connectivity index (χ0v) is 9.73. The highest BCUT2D eigenvalue weighted by molar-refractivity contribution is 6.32. The van der Waals surface area contributed by atoms with Crippen molar-refractivity contribution in [2.45, 2.75) is 26.4 Å². The lowest BCUT2D eigenvalue weighted by molar-refractivity contribution is 0.193. The van der Waals surface area contributed by atoms with Gasteiger partial charge in [-0.2, -0.15) is 0 Å². The number of rotatable bonds is 3. The summed E-state index contributed by atoms with van der Waals surface area (Å²) in [5, 5.41) is 9.50. The van der Waals surface area contributed by atoms with Crippen molar-refractivity contribution in [3.05, 3.63) is 28.0 Å². The SMILES string of the molecule is COc1c(F)c(CC(C)O)cc(C)c1Cl. The van der Waals surface area contributed by atoms with Crippen LogP contribution < -0.4 is 4.74 Å². The number of hydrogen-bond acceptors (Lipinski definition) is 2. The third-order valence-corrected chi connectivity index (χ3v) is 2.61. The number of methoxy groups -OCH3 is 1. The number of ether oxygens (including phenoxy) is 1. The molecule has 0 aromatic heterocycles. The van der Waals surface area contributed by atoms with Crippen molar-refractivity contribution in [3.8, 4) is 5.75 Å². The fraction of sp³-hybridized carbons (Fsp3) is 0.455. The highest BCUT2D eigenvalue weighted by atomic mass is 35.5. The van der Waals surface area contributed by atoms with Crippen LogP contribution in [0.5, 0.6) is 5.75 Å². The maximum absolute atomic E-state index is 13.8. The first-order valence-electron chi connectivity index (χ1n) is 4.67. The number of benzene rings is 1. The molecule has 1 rings (SSSR count). The number of hydrogen-bond donors (Lipinski definition) is 1. The lowest BCUT2D eigenvalue weighted by Gasteiger charge is -2.12. The molecule has 0 amide bonds. The monoisotopic (exact) mass is 232 g/mol. The van der Waals surface area contributed by atoms with Crippen molar-refractivity contribution in [1.82, 2.24) is 0 Å². The van der Waals surface area contributed by atoms with E-state index in [9.17, 15) is 9.50 Å². The summed E-state index contributed by atoms with van der Waals surface area (Å²) < 4.78 is 18.6. The first-order chi connectivity index (χ1) is 6.97. The molecule has 0 saturated heterocycles. The maximum atomic E-state index is 13.8. The maximum Gasteiger partial charge on any atom is 0.173 e. The lowest BCUT2D eigenvalue weighted by Crippen LogP contribution is -2.07. The van der Waals surface area contributed by atoms with Gasteiger partial charge in [0, 0.05) is 6.42 Å². The van der Waals surface area contributed by atoms with Crippen LogP contribution in [0.4, 0.5) is 4.39 Å². The van der Waals surface area contributed by atoms with Crippen LogP contribution >= 0.6 is 11.6 Å². The van der Waals surface area contributed by atoms with E-state index in [1.807, 2.05) is 0 Å². The molecule has 15 heavy (non-hydrogen) atoms. The van der Waals surface area contributed by atoms with Gasteiger partial charge in [-0.05, 0) is 25.0 Å². The average Bonchev–Trinajstić information content (AvgIpc) is 2.14. The molecule has 2 nitrogen and oxygen atoms in total. The summed E-state index contributed by atoms with van der Waals surface area (Å²) in [6, 6.07) is 1.63. The van der Waals surface area contributed by atoms with E-state index in [-0.39, 0.29) is 17.2 Å². The molecule has 1 atom stereocenters. The van der Waals surface area contributed by atoms with Gasteiger partial charge in [0.05, 0.1) is 18.2 Å². The van der Waals surface area contributed by atoms with Crippen LogP contribution in [0.25, 0.3) is 0 Å². The Morgan fingerprint density at radius 1 is 1.60 bits per heavy atom. The van der Waals surface area contributed by atoms with Crippen LogP contribution in [0.1, 0.15) is 18.1 Å². The third kappa shape index (κ3) is 2.61. The molecule has 1 aromatic rings. The summed E-state index contributed by atoms with van der Waals surface area (Å²) in [5.41, 5.74) is 1.16. The summed E-state index contributed by atoms with van der Waals surface area (Å²) in [7, 11) is 1.37. The Morgan fingerprint density at radius 3 is 2.67 bits per heavy atom. The van der Waals surface area contributed by atoms with Gasteiger partial charge in [0.2, 0.25) is 0 Å². The molecule has 0 spiro atoms. The number of aryl methyl sites for hydroxylation is 1. The van der Waals surface area contributed by atoms with Crippen LogP contribution in [0.2, 0.25) is 5.02 Å². The number of aliphatic hydroxyl groups is 1. The predicted octanol–water partition coefficient (Wildman–Crippen LogP) is 2.72. The van der Waals surface area contributed by atoms with E-state index in [1.54, 1.807) is 19.9 Å². The minimum absolute atomic E-state index is 0.0484. The van der Waals surface area contributed by atoms with Crippen LogP contribution in [0.15, 0.2) is 6.07 Å². The molecule has 4 heteroatoms. The van der Waals surface area contributed by atoms with Gasteiger partial charge in [-0.3, -0.25) is 0 Å². The van der Waals surface area contributed by atoms with Crippen molar-refractivity contribution < 1.29 is 14.2 Å². The van der Waals surface area contributed by atoms with Crippen LogP contribution in [0.3, 0.4) is 0 Å². The Balaban J connectivity index is 3.24. The van der Waals surface area contributed by atoms with E-state index < -0.39 is 11.9 Å². The van der Waals surface area contributed by atoms with Gasteiger partial charge < -0.3 is 9.84 Å². The summed E-state index contributed by atoms with van der Waals surface area (Å²) in [6.07, 6.45) is -0.343. The molecule has 0 fully saturated rings. The zero-order chi connectivity index (χ0) is 11.6. The molecule has 0 aliphatic carbocycles. The minimum atomic E-state index is -0.593. The molecule has 0 radical (unpaired) electrons. The van der Waals surface area contributed by atoms with Crippen molar-refractivity contribution in [2.75, 3.05) is 7.11 Å². The molecule has 84 valence electrons. The second kappa shape index (κ2) is 4.81. The van der Waals surface area contributed by atoms with E-state index in [2.05, 4.69) is 0 Å². The van der Waals surface area contributed by atoms with Gasteiger partial charge in [-0.15, -0.1) is 0 Å². The summed E-state index contributed by atoms with van der Waals surface area (Å²) >= 11 is 5.88. The van der Waals surface area contributed by atoms with Gasteiger partial charge in [0.1, 0.15) is 0 Å². The van der Waals surface area contributed by atoms with Crippen LogP contribution in [-0.4, -0.2) is 18.3 Å². The van der Waals surface area contributed by atoms with E-state index in [0.29, 0.717) is 5.56 Å². The number of halogens is 2. The van der Waals surface area contributed by atoms with Crippen molar-refractivity contribution >= 4 is 11.6 Å². The quantitative estimate of drug-likeness (QED) is 0.869. The van der Waals surface area contributed by atoms with Gasteiger partial charge in [0.25, 0.3) is 0 Å². The molecule has 1 N–H and O–H groups in total. The minimum Gasteiger partial charge on any atom is -0.492 e. The van der Waals surface area contributed by atoms with Gasteiger partial charge >= 0.3 is 0 Å². The molecule has 0 aliphatic rings. The molecular formula is C11H14ClFO2. The molecule has 0 heterocycles. The Kier molecular flexibility index (Phi) is 3.94. The molecule has 0 aliphatic heterocycles. The smallest absolute Gasteiger partial charge is 0.173 e. The van der Waals surface area contributed by atoms with E-state index in [4.69, 9.17) is 16.3 Å². The Labute approximate surface area is 93.6 Å². The summed E-state index contributed by atoms with van der Waals surface area (Å²) in [6.45, 7) is 3.38.